The summed E-state index contributed by atoms with van der Waals surface area (Å²) in [5.74, 6) is -1.60. The number of rotatable bonds is 6. The minimum atomic E-state index is -0.809. The molecule has 0 heterocycles. The third-order valence-electron chi connectivity index (χ3n) is 2.46. The number of ether oxygens (including phenoxy) is 2. The summed E-state index contributed by atoms with van der Waals surface area (Å²) in [6.45, 7) is 9.76. The lowest BCUT2D eigenvalue weighted by molar-refractivity contribution is -0.156. The average Bonchev–Trinajstić information content (AvgIpc) is 2.15. The molecular weight excluding hydrogens is 234 g/mol. The smallest absolute Gasteiger partial charge is 0.319 e. The molecule has 0 aromatic heterocycles. The van der Waals surface area contributed by atoms with Crippen LogP contribution in [0.4, 0.5) is 0 Å². The van der Waals surface area contributed by atoms with E-state index in [1.165, 1.54) is 0 Å². The van der Waals surface area contributed by atoms with E-state index in [4.69, 9.17) is 9.47 Å². The Morgan fingerprint density at radius 1 is 1.28 bits per heavy atom. The van der Waals surface area contributed by atoms with Crippen LogP contribution >= 0.6 is 0 Å². The van der Waals surface area contributed by atoms with Crippen LogP contribution in [0.25, 0.3) is 0 Å². The predicted octanol–water partition coefficient (Wildman–Crippen LogP) is 1.36. The molecule has 0 fully saturated rings. The largest absolute Gasteiger partial charge is 0.465 e. The Morgan fingerprint density at radius 3 is 2.22 bits per heavy atom. The molecule has 0 aromatic carbocycles. The highest BCUT2D eigenvalue weighted by Crippen LogP contribution is 2.27. The number of hydrogen-bond acceptors (Lipinski definition) is 4. The van der Waals surface area contributed by atoms with Crippen molar-refractivity contribution in [1.82, 2.24) is 5.32 Å². The Bertz CT molecular complexity index is 283. The summed E-state index contributed by atoms with van der Waals surface area (Å²) < 4.78 is 9.91. The summed E-state index contributed by atoms with van der Waals surface area (Å²) in [4.78, 5) is 24.0. The van der Waals surface area contributed by atoms with Crippen molar-refractivity contribution in [3.05, 3.63) is 0 Å². The van der Waals surface area contributed by atoms with E-state index in [9.17, 15) is 9.59 Å². The number of carbonyl (C=O) groups is 2. The molecule has 106 valence electrons. The molecule has 0 saturated heterocycles. The first kappa shape index (κ1) is 16.9. The van der Waals surface area contributed by atoms with Crippen molar-refractivity contribution in [2.24, 2.45) is 11.3 Å². The molecule has 0 rings (SSSR count). The number of hydrogen-bond donors (Lipinski definition) is 1. The number of methoxy groups -OCH3 is 1. The van der Waals surface area contributed by atoms with Crippen LogP contribution in [0.2, 0.25) is 0 Å². The van der Waals surface area contributed by atoms with Crippen LogP contribution in [0.5, 0.6) is 0 Å². The highest BCUT2D eigenvalue weighted by atomic mass is 16.5. The van der Waals surface area contributed by atoms with Crippen LogP contribution < -0.4 is 5.32 Å². The maximum atomic E-state index is 12.1. The molecule has 1 amide bonds. The molecule has 0 aromatic rings. The van der Waals surface area contributed by atoms with Gasteiger partial charge in [-0.25, -0.2) is 0 Å². The summed E-state index contributed by atoms with van der Waals surface area (Å²) >= 11 is 0. The number of nitrogens with one attached hydrogen (secondary N) is 1. The second kappa shape index (κ2) is 7.36. The van der Waals surface area contributed by atoms with Crippen LogP contribution in [0.15, 0.2) is 0 Å². The van der Waals surface area contributed by atoms with E-state index in [0.717, 1.165) is 0 Å². The molecule has 0 aliphatic carbocycles. The van der Waals surface area contributed by atoms with Crippen LogP contribution in [0, 0.1) is 11.3 Å². The molecule has 0 aliphatic rings. The standard InChI is InChI=1S/C13H25NO4/c1-7-18-12(16)10(13(3,4)5)11(15)14-9(2)8-17-6/h9-10H,7-8H2,1-6H3,(H,14,15). The number of esters is 1. The van der Waals surface area contributed by atoms with Gasteiger partial charge in [0.05, 0.1) is 13.2 Å². The van der Waals surface area contributed by atoms with E-state index < -0.39 is 17.3 Å². The molecule has 2 atom stereocenters. The van der Waals surface area contributed by atoms with Crippen molar-refractivity contribution in [3.63, 3.8) is 0 Å². The van der Waals surface area contributed by atoms with E-state index in [-0.39, 0.29) is 18.6 Å². The topological polar surface area (TPSA) is 64.6 Å². The van der Waals surface area contributed by atoms with Crippen molar-refractivity contribution in [1.29, 1.82) is 0 Å². The molecule has 0 aliphatic heterocycles. The zero-order chi connectivity index (χ0) is 14.3. The normalized spacial score (nSPS) is 14.8. The third kappa shape index (κ3) is 5.49. The lowest BCUT2D eigenvalue weighted by Crippen LogP contribution is -2.47. The van der Waals surface area contributed by atoms with Crippen molar-refractivity contribution in [3.8, 4) is 0 Å². The molecular formula is C13H25NO4. The molecule has 5 nitrogen and oxygen atoms in total. The minimum Gasteiger partial charge on any atom is -0.465 e. The van der Waals surface area contributed by atoms with Crippen molar-refractivity contribution in [2.45, 2.75) is 40.7 Å². The first-order chi connectivity index (χ1) is 8.23. The fourth-order valence-electron chi connectivity index (χ4n) is 1.70. The van der Waals surface area contributed by atoms with Gasteiger partial charge in [-0.05, 0) is 19.3 Å². The van der Waals surface area contributed by atoms with Gasteiger partial charge in [0.2, 0.25) is 5.91 Å². The monoisotopic (exact) mass is 259 g/mol. The van der Waals surface area contributed by atoms with Gasteiger partial charge in [-0.2, -0.15) is 0 Å². The highest BCUT2D eigenvalue weighted by Gasteiger charge is 2.39. The minimum absolute atomic E-state index is 0.137. The second-order valence-corrected chi connectivity index (χ2v) is 5.42. The molecule has 0 saturated carbocycles. The number of amides is 1. The van der Waals surface area contributed by atoms with E-state index in [1.54, 1.807) is 14.0 Å². The first-order valence-electron chi connectivity index (χ1n) is 6.20. The van der Waals surface area contributed by atoms with Gasteiger partial charge in [-0.15, -0.1) is 0 Å². The van der Waals surface area contributed by atoms with Gasteiger partial charge in [0, 0.05) is 13.2 Å². The summed E-state index contributed by atoms with van der Waals surface area (Å²) in [5, 5.41) is 2.76. The van der Waals surface area contributed by atoms with Crippen LogP contribution in [-0.4, -0.2) is 38.2 Å². The molecule has 5 heteroatoms. The Balaban J connectivity index is 4.77. The Hall–Kier alpha value is -1.10. The third-order valence-corrected chi connectivity index (χ3v) is 2.46. The van der Waals surface area contributed by atoms with E-state index in [1.807, 2.05) is 27.7 Å². The zero-order valence-corrected chi connectivity index (χ0v) is 12.2. The highest BCUT2D eigenvalue weighted by molar-refractivity contribution is 5.98. The maximum Gasteiger partial charge on any atom is 0.319 e. The summed E-state index contributed by atoms with van der Waals surface area (Å²) in [7, 11) is 1.56. The van der Waals surface area contributed by atoms with E-state index in [2.05, 4.69) is 5.32 Å². The Labute approximate surface area is 109 Å². The molecule has 18 heavy (non-hydrogen) atoms. The van der Waals surface area contributed by atoms with Crippen LogP contribution in [0.3, 0.4) is 0 Å². The molecule has 1 N–H and O–H groups in total. The van der Waals surface area contributed by atoms with E-state index >= 15 is 0 Å². The second-order valence-electron chi connectivity index (χ2n) is 5.42. The predicted molar refractivity (Wildman–Crippen MR) is 69.1 cm³/mol. The molecule has 0 radical (unpaired) electrons. The summed E-state index contributed by atoms with van der Waals surface area (Å²) in [6, 6.07) is -0.137. The number of carbonyl (C=O) groups excluding carboxylic acids is 2. The van der Waals surface area contributed by atoms with Gasteiger partial charge >= 0.3 is 5.97 Å². The maximum absolute atomic E-state index is 12.1. The zero-order valence-electron chi connectivity index (χ0n) is 12.2. The van der Waals surface area contributed by atoms with Crippen LogP contribution in [0.1, 0.15) is 34.6 Å². The van der Waals surface area contributed by atoms with Gasteiger partial charge in [-0.1, -0.05) is 20.8 Å². The SMILES string of the molecule is CCOC(=O)C(C(=O)NC(C)COC)C(C)(C)C. The van der Waals surface area contributed by atoms with E-state index in [0.29, 0.717) is 6.61 Å². The fourth-order valence-corrected chi connectivity index (χ4v) is 1.70. The van der Waals surface area contributed by atoms with Crippen molar-refractivity contribution in [2.75, 3.05) is 20.3 Å². The van der Waals surface area contributed by atoms with Gasteiger partial charge in [0.15, 0.2) is 0 Å². The van der Waals surface area contributed by atoms with Gasteiger partial charge in [-0.3, -0.25) is 9.59 Å². The molecule has 0 spiro atoms. The summed E-state index contributed by atoms with van der Waals surface area (Å²) in [5.41, 5.74) is -0.483. The summed E-state index contributed by atoms with van der Waals surface area (Å²) in [6.07, 6.45) is 0. The molecule has 0 bridgehead atoms. The average molecular weight is 259 g/mol. The van der Waals surface area contributed by atoms with Crippen molar-refractivity contribution < 1.29 is 19.1 Å². The molecule has 2 unspecified atom stereocenters. The van der Waals surface area contributed by atoms with Gasteiger partial charge < -0.3 is 14.8 Å². The van der Waals surface area contributed by atoms with Crippen LogP contribution in [-0.2, 0) is 19.1 Å². The van der Waals surface area contributed by atoms with Gasteiger partial charge in [0.25, 0.3) is 0 Å². The lowest BCUT2D eigenvalue weighted by Gasteiger charge is -2.28. The van der Waals surface area contributed by atoms with Gasteiger partial charge in [0.1, 0.15) is 5.92 Å². The Morgan fingerprint density at radius 2 is 1.83 bits per heavy atom. The Kier molecular flexibility index (Phi) is 6.91. The quantitative estimate of drug-likeness (QED) is 0.578. The van der Waals surface area contributed by atoms with Crippen molar-refractivity contribution >= 4 is 11.9 Å². The first-order valence-corrected chi connectivity index (χ1v) is 6.20. The fraction of sp³-hybridized carbons (Fsp3) is 0.846. The lowest BCUT2D eigenvalue weighted by atomic mass is 9.80.